The Balaban J connectivity index is 2.15. The van der Waals surface area contributed by atoms with E-state index in [0.717, 1.165) is 18.1 Å². The Bertz CT molecular complexity index is 367. The first-order chi connectivity index (χ1) is 9.18. The molecular formula is C16H25ClN2. The largest absolute Gasteiger partial charge is 0.326 e. The maximum atomic E-state index is 6.25. The molecule has 0 saturated carbocycles. The molecule has 2 atom stereocenters. The van der Waals surface area contributed by atoms with Crippen LogP contribution < -0.4 is 5.73 Å². The molecule has 1 heterocycles. The Morgan fingerprint density at radius 1 is 1.00 bits per heavy atom. The van der Waals surface area contributed by atoms with Crippen LogP contribution in [0.2, 0.25) is 5.02 Å². The third kappa shape index (κ3) is 4.20. The maximum absolute atomic E-state index is 6.25. The Kier molecular flexibility index (Phi) is 5.68. The van der Waals surface area contributed by atoms with Crippen LogP contribution in [0.5, 0.6) is 0 Å². The van der Waals surface area contributed by atoms with Crippen LogP contribution in [-0.4, -0.2) is 24.0 Å². The summed E-state index contributed by atoms with van der Waals surface area (Å²) in [6.45, 7) is 4.43. The number of rotatable bonds is 3. The molecule has 106 valence electrons. The molecule has 1 aliphatic rings. The van der Waals surface area contributed by atoms with Crippen molar-refractivity contribution < 1.29 is 0 Å². The lowest BCUT2D eigenvalue weighted by molar-refractivity contribution is 0.161. The number of nitrogens with zero attached hydrogens (tertiary/aromatic N) is 1. The van der Waals surface area contributed by atoms with Crippen molar-refractivity contribution in [1.29, 1.82) is 0 Å². The number of likely N-dealkylation sites (tertiary alicyclic amines) is 1. The monoisotopic (exact) mass is 280 g/mol. The Morgan fingerprint density at radius 2 is 1.53 bits per heavy atom. The highest BCUT2D eigenvalue weighted by molar-refractivity contribution is 6.30. The van der Waals surface area contributed by atoms with Gasteiger partial charge < -0.3 is 5.73 Å². The van der Waals surface area contributed by atoms with E-state index in [0.29, 0.717) is 6.04 Å². The lowest BCUT2D eigenvalue weighted by Crippen LogP contribution is -2.41. The molecule has 0 spiro atoms. The van der Waals surface area contributed by atoms with Crippen LogP contribution in [0.1, 0.15) is 50.6 Å². The smallest absolute Gasteiger partial charge is 0.0496 e. The summed E-state index contributed by atoms with van der Waals surface area (Å²) in [5, 5.41) is 0.792. The number of halogens is 1. The summed E-state index contributed by atoms with van der Waals surface area (Å²) in [5.41, 5.74) is 7.54. The van der Waals surface area contributed by atoms with Crippen molar-refractivity contribution >= 4 is 11.6 Å². The number of benzene rings is 1. The number of hydrogen-bond donors (Lipinski definition) is 1. The van der Waals surface area contributed by atoms with Gasteiger partial charge in [-0.05, 0) is 50.6 Å². The molecule has 0 bridgehead atoms. The molecular weight excluding hydrogens is 256 g/mol. The first-order valence-corrected chi connectivity index (χ1v) is 7.81. The van der Waals surface area contributed by atoms with Gasteiger partial charge in [0.05, 0.1) is 0 Å². The zero-order valence-electron chi connectivity index (χ0n) is 11.8. The van der Waals surface area contributed by atoms with Crippen LogP contribution in [0, 0.1) is 0 Å². The molecule has 3 heteroatoms. The van der Waals surface area contributed by atoms with Crippen molar-refractivity contribution in [2.24, 2.45) is 5.73 Å². The molecule has 1 aliphatic heterocycles. The second-order valence-corrected chi connectivity index (χ2v) is 6.10. The van der Waals surface area contributed by atoms with E-state index in [2.05, 4.69) is 24.0 Å². The van der Waals surface area contributed by atoms with E-state index in [9.17, 15) is 0 Å². The number of hydrogen-bond acceptors (Lipinski definition) is 2. The third-order valence-corrected chi connectivity index (χ3v) is 4.25. The zero-order chi connectivity index (χ0) is 13.7. The fourth-order valence-electron chi connectivity index (χ4n) is 3.06. The second kappa shape index (κ2) is 7.28. The van der Waals surface area contributed by atoms with E-state index in [4.69, 9.17) is 17.3 Å². The lowest BCUT2D eigenvalue weighted by Gasteiger charge is -2.35. The van der Waals surface area contributed by atoms with Crippen molar-refractivity contribution in [1.82, 2.24) is 4.90 Å². The molecule has 2 nitrogen and oxygen atoms in total. The van der Waals surface area contributed by atoms with E-state index < -0.39 is 0 Å². The topological polar surface area (TPSA) is 29.3 Å². The van der Waals surface area contributed by atoms with Gasteiger partial charge in [-0.1, -0.05) is 43.0 Å². The van der Waals surface area contributed by atoms with Gasteiger partial charge in [0.15, 0.2) is 0 Å². The van der Waals surface area contributed by atoms with Crippen molar-refractivity contribution in [2.75, 3.05) is 13.1 Å². The van der Waals surface area contributed by atoms with Crippen LogP contribution in [0.3, 0.4) is 0 Å². The Labute approximate surface area is 121 Å². The Hall–Kier alpha value is -0.570. The highest BCUT2D eigenvalue weighted by atomic mass is 35.5. The van der Waals surface area contributed by atoms with Crippen molar-refractivity contribution in [3.8, 4) is 0 Å². The van der Waals surface area contributed by atoms with Gasteiger partial charge in [0.1, 0.15) is 0 Å². The quantitative estimate of drug-likeness (QED) is 0.907. The molecule has 19 heavy (non-hydrogen) atoms. The van der Waals surface area contributed by atoms with Crippen molar-refractivity contribution in [2.45, 2.75) is 51.1 Å². The van der Waals surface area contributed by atoms with E-state index >= 15 is 0 Å². The summed E-state index contributed by atoms with van der Waals surface area (Å²) < 4.78 is 0. The average Bonchev–Trinajstić information content (AvgIpc) is 2.34. The van der Waals surface area contributed by atoms with Gasteiger partial charge in [-0.25, -0.2) is 0 Å². The molecule has 0 amide bonds. The summed E-state index contributed by atoms with van der Waals surface area (Å²) in [4.78, 5) is 2.56. The van der Waals surface area contributed by atoms with Gasteiger partial charge in [0.25, 0.3) is 0 Å². The summed E-state index contributed by atoms with van der Waals surface area (Å²) in [6, 6.07) is 8.63. The molecule has 2 rings (SSSR count). The van der Waals surface area contributed by atoms with Crippen LogP contribution in [-0.2, 0) is 0 Å². The zero-order valence-corrected chi connectivity index (χ0v) is 12.6. The molecule has 0 radical (unpaired) electrons. The third-order valence-electron chi connectivity index (χ3n) is 3.99. The minimum absolute atomic E-state index is 0.139. The summed E-state index contributed by atoms with van der Waals surface area (Å²) in [7, 11) is 0. The molecule has 1 saturated heterocycles. The summed E-state index contributed by atoms with van der Waals surface area (Å²) in [5.74, 6) is 0. The fraction of sp³-hybridized carbons (Fsp3) is 0.625. The first kappa shape index (κ1) is 14.8. The minimum atomic E-state index is 0.139. The maximum Gasteiger partial charge on any atom is 0.0496 e. The van der Waals surface area contributed by atoms with E-state index in [1.54, 1.807) is 0 Å². The van der Waals surface area contributed by atoms with E-state index in [1.165, 1.54) is 37.7 Å². The summed E-state index contributed by atoms with van der Waals surface area (Å²) >= 11 is 5.98. The lowest BCUT2D eigenvalue weighted by atomic mass is 9.97. The predicted octanol–water partition coefficient (Wildman–Crippen LogP) is 3.99. The van der Waals surface area contributed by atoms with E-state index in [-0.39, 0.29) is 6.04 Å². The van der Waals surface area contributed by atoms with Gasteiger partial charge in [-0.3, -0.25) is 4.90 Å². The Morgan fingerprint density at radius 3 is 2.05 bits per heavy atom. The van der Waals surface area contributed by atoms with Gasteiger partial charge >= 0.3 is 0 Å². The normalized spacial score (nSPS) is 21.4. The highest BCUT2D eigenvalue weighted by Gasteiger charge is 2.24. The SMILES string of the molecule is CC(N)C(c1ccc(Cl)cc1)N1CCCCCCC1. The number of nitrogens with two attached hydrogens (primary N) is 1. The predicted molar refractivity (Wildman–Crippen MR) is 82.5 cm³/mol. The van der Waals surface area contributed by atoms with Crippen LogP contribution in [0.4, 0.5) is 0 Å². The molecule has 2 unspecified atom stereocenters. The molecule has 2 N–H and O–H groups in total. The standard InChI is InChI=1S/C16H25ClN2/c1-13(18)16(14-7-9-15(17)10-8-14)19-11-5-3-2-4-6-12-19/h7-10,13,16H,2-6,11-12,18H2,1H3. The molecule has 0 aliphatic carbocycles. The van der Waals surface area contributed by atoms with Gasteiger partial charge in [0, 0.05) is 17.1 Å². The fourth-order valence-corrected chi connectivity index (χ4v) is 3.18. The average molecular weight is 281 g/mol. The van der Waals surface area contributed by atoms with Crippen molar-refractivity contribution in [3.63, 3.8) is 0 Å². The van der Waals surface area contributed by atoms with Gasteiger partial charge in [-0.2, -0.15) is 0 Å². The first-order valence-electron chi connectivity index (χ1n) is 7.43. The van der Waals surface area contributed by atoms with Crippen LogP contribution >= 0.6 is 11.6 Å². The molecule has 1 aromatic rings. The van der Waals surface area contributed by atoms with Crippen molar-refractivity contribution in [3.05, 3.63) is 34.9 Å². The van der Waals surface area contributed by atoms with Crippen LogP contribution in [0.15, 0.2) is 24.3 Å². The van der Waals surface area contributed by atoms with Crippen LogP contribution in [0.25, 0.3) is 0 Å². The van der Waals surface area contributed by atoms with Gasteiger partial charge in [-0.15, -0.1) is 0 Å². The molecule has 1 aromatic carbocycles. The highest BCUT2D eigenvalue weighted by Crippen LogP contribution is 2.27. The second-order valence-electron chi connectivity index (χ2n) is 5.66. The molecule has 0 aromatic heterocycles. The molecule has 1 fully saturated rings. The minimum Gasteiger partial charge on any atom is -0.326 e. The van der Waals surface area contributed by atoms with E-state index in [1.807, 2.05) is 12.1 Å². The summed E-state index contributed by atoms with van der Waals surface area (Å²) in [6.07, 6.45) is 6.66. The van der Waals surface area contributed by atoms with Gasteiger partial charge in [0.2, 0.25) is 0 Å².